The van der Waals surface area contributed by atoms with Gasteiger partial charge in [-0.05, 0) is 48.4 Å². The Morgan fingerprint density at radius 1 is 1.07 bits per heavy atom. The Hall–Kier alpha value is -4.93. The first-order valence-electron chi connectivity index (χ1n) is 15.2. The van der Waals surface area contributed by atoms with Crippen molar-refractivity contribution in [3.8, 4) is 5.75 Å². The molecule has 46 heavy (non-hydrogen) atoms. The Bertz CT molecular complexity index is 1770. The highest BCUT2D eigenvalue weighted by Gasteiger charge is 2.52. The molecule has 0 saturated carbocycles. The van der Waals surface area contributed by atoms with E-state index < -0.39 is 24.3 Å². The molecule has 0 spiro atoms. The number of carbonyl (C=O) groups is 3. The van der Waals surface area contributed by atoms with Crippen molar-refractivity contribution in [3.05, 3.63) is 119 Å². The van der Waals surface area contributed by atoms with Crippen molar-refractivity contribution >= 4 is 40.3 Å². The van der Waals surface area contributed by atoms with Crippen molar-refractivity contribution in [2.75, 3.05) is 19.6 Å². The Morgan fingerprint density at radius 2 is 1.83 bits per heavy atom. The van der Waals surface area contributed by atoms with Gasteiger partial charge < -0.3 is 20.2 Å². The predicted molar refractivity (Wildman–Crippen MR) is 175 cm³/mol. The Balaban J connectivity index is 1.41. The molecule has 0 aliphatic carbocycles. The molecule has 0 radical (unpaired) electrons. The Kier molecular flexibility index (Phi) is 8.92. The molecule has 3 atom stereocenters. The summed E-state index contributed by atoms with van der Waals surface area (Å²) in [6, 6.07) is 21.8. The summed E-state index contributed by atoms with van der Waals surface area (Å²) in [6.45, 7) is 6.30. The number of aromatic nitrogens is 1. The molecule has 4 aromatic rings. The standard InChI is InChI=1S/C35H35ClN6O4/c1-3-18-39-22-32(44)41-30(19-24-11-13-26(43)14-12-24)34(45)40(23(2)27-15-16-29(36)28-10-7-17-37-33(27)28)21-31(41)42(39)35(46)38-20-25-8-5-4-6-9-25/h3-17,23,30-31,43H,1,18-22H2,2H3,(H,38,46)/t23-,30-,31-/m0/s1. The molecule has 236 valence electrons. The van der Waals surface area contributed by atoms with Gasteiger partial charge in [0, 0.05) is 41.7 Å². The van der Waals surface area contributed by atoms with E-state index in [4.69, 9.17) is 11.6 Å². The highest BCUT2D eigenvalue weighted by atomic mass is 35.5. The van der Waals surface area contributed by atoms with Gasteiger partial charge in [0.05, 0.1) is 24.6 Å². The van der Waals surface area contributed by atoms with E-state index in [2.05, 4.69) is 16.9 Å². The lowest BCUT2D eigenvalue weighted by molar-refractivity contribution is -0.191. The molecular formula is C35H35ClN6O4. The summed E-state index contributed by atoms with van der Waals surface area (Å²) in [5.74, 6) is -0.405. The van der Waals surface area contributed by atoms with Gasteiger partial charge in [-0.25, -0.2) is 14.8 Å². The van der Waals surface area contributed by atoms with Crippen LogP contribution in [-0.4, -0.2) is 79.6 Å². The third-order valence-corrected chi connectivity index (χ3v) is 8.97. The van der Waals surface area contributed by atoms with Crippen LogP contribution in [0.5, 0.6) is 5.75 Å². The molecular weight excluding hydrogens is 604 g/mol. The topological polar surface area (TPSA) is 109 Å². The van der Waals surface area contributed by atoms with E-state index in [1.165, 1.54) is 0 Å². The van der Waals surface area contributed by atoms with Gasteiger partial charge in [-0.2, -0.15) is 0 Å². The zero-order valence-corrected chi connectivity index (χ0v) is 26.2. The van der Waals surface area contributed by atoms with Crippen LogP contribution in [0.4, 0.5) is 4.79 Å². The second-order valence-corrected chi connectivity index (χ2v) is 11.9. The number of urea groups is 1. The van der Waals surface area contributed by atoms with Gasteiger partial charge >= 0.3 is 6.03 Å². The van der Waals surface area contributed by atoms with E-state index in [-0.39, 0.29) is 50.2 Å². The normalized spacial score (nSPS) is 19.2. The molecule has 3 aromatic carbocycles. The lowest BCUT2D eigenvalue weighted by Gasteiger charge is -2.56. The molecule has 1 aromatic heterocycles. The molecule has 2 aliphatic heterocycles. The molecule has 0 bridgehead atoms. The van der Waals surface area contributed by atoms with Crippen LogP contribution in [0.2, 0.25) is 5.02 Å². The van der Waals surface area contributed by atoms with Gasteiger partial charge in [0.2, 0.25) is 11.8 Å². The van der Waals surface area contributed by atoms with Crippen LogP contribution in [-0.2, 0) is 22.6 Å². The molecule has 10 nitrogen and oxygen atoms in total. The summed E-state index contributed by atoms with van der Waals surface area (Å²) in [6.07, 6.45) is 2.73. The number of hydrazine groups is 1. The van der Waals surface area contributed by atoms with Gasteiger partial charge in [0.1, 0.15) is 18.0 Å². The minimum absolute atomic E-state index is 0.0706. The van der Waals surface area contributed by atoms with Crippen molar-refractivity contribution in [1.82, 2.24) is 30.1 Å². The maximum atomic E-state index is 14.5. The van der Waals surface area contributed by atoms with Crippen molar-refractivity contribution in [3.63, 3.8) is 0 Å². The molecule has 11 heteroatoms. The number of phenolic OH excluding ortho intramolecular Hbond substituents is 1. The molecule has 2 aliphatic rings. The fourth-order valence-corrected chi connectivity index (χ4v) is 6.60. The van der Waals surface area contributed by atoms with Crippen LogP contribution in [0.3, 0.4) is 0 Å². The maximum Gasteiger partial charge on any atom is 0.334 e. The van der Waals surface area contributed by atoms with Gasteiger partial charge in [0.15, 0.2) is 0 Å². The van der Waals surface area contributed by atoms with Crippen molar-refractivity contribution in [2.24, 2.45) is 0 Å². The monoisotopic (exact) mass is 638 g/mol. The van der Waals surface area contributed by atoms with Crippen LogP contribution in [0.15, 0.2) is 97.7 Å². The number of halogens is 1. The van der Waals surface area contributed by atoms with Crippen LogP contribution < -0.4 is 5.32 Å². The number of hydrogen-bond donors (Lipinski definition) is 2. The van der Waals surface area contributed by atoms with Gasteiger partial charge in [-0.1, -0.05) is 66.2 Å². The third-order valence-electron chi connectivity index (χ3n) is 8.64. The van der Waals surface area contributed by atoms with E-state index in [1.54, 1.807) is 62.4 Å². The minimum Gasteiger partial charge on any atom is -0.508 e. The number of rotatable bonds is 8. The van der Waals surface area contributed by atoms with Crippen LogP contribution in [0.25, 0.3) is 10.9 Å². The highest BCUT2D eigenvalue weighted by molar-refractivity contribution is 6.35. The maximum absolute atomic E-state index is 14.5. The lowest BCUT2D eigenvalue weighted by Crippen LogP contribution is -2.76. The average molecular weight is 639 g/mol. The molecule has 6 rings (SSSR count). The smallest absolute Gasteiger partial charge is 0.334 e. The fourth-order valence-electron chi connectivity index (χ4n) is 6.38. The van der Waals surface area contributed by atoms with Crippen molar-refractivity contribution in [1.29, 1.82) is 0 Å². The Labute approximate surface area is 272 Å². The molecule has 4 amide bonds. The minimum atomic E-state index is -0.903. The van der Waals surface area contributed by atoms with Crippen LogP contribution >= 0.6 is 11.6 Å². The van der Waals surface area contributed by atoms with Crippen molar-refractivity contribution < 1.29 is 19.5 Å². The van der Waals surface area contributed by atoms with E-state index in [9.17, 15) is 19.5 Å². The summed E-state index contributed by atoms with van der Waals surface area (Å²) >= 11 is 6.51. The first kappa shape index (κ1) is 31.1. The van der Waals surface area contributed by atoms with Crippen LogP contribution in [0, 0.1) is 0 Å². The quantitative estimate of drug-likeness (QED) is 0.266. The lowest BCUT2D eigenvalue weighted by atomic mass is 9.95. The van der Waals surface area contributed by atoms with E-state index in [0.29, 0.717) is 10.5 Å². The molecule has 2 fully saturated rings. The number of hydrogen-bond acceptors (Lipinski definition) is 6. The van der Waals surface area contributed by atoms with Crippen LogP contribution in [0.1, 0.15) is 29.7 Å². The van der Waals surface area contributed by atoms with Gasteiger partial charge in [-0.3, -0.25) is 14.6 Å². The number of nitrogens with zero attached hydrogens (tertiary/aromatic N) is 5. The SMILES string of the molecule is C=CCN1CC(=O)N2[C@@H](Cc3ccc(O)cc3)C(=O)N([C@@H](C)c3ccc(Cl)c4cccnc34)C[C@@H]2N1C(=O)NCc1ccccc1. The molecule has 2 N–H and O–H groups in total. The first-order valence-corrected chi connectivity index (χ1v) is 15.5. The zero-order valence-electron chi connectivity index (χ0n) is 25.4. The first-order chi connectivity index (χ1) is 22.3. The Morgan fingerprint density at radius 3 is 2.57 bits per heavy atom. The summed E-state index contributed by atoms with van der Waals surface area (Å²) in [4.78, 5) is 50.3. The predicted octanol–water partition coefficient (Wildman–Crippen LogP) is 4.89. The summed E-state index contributed by atoms with van der Waals surface area (Å²) in [5.41, 5.74) is 3.18. The third kappa shape index (κ3) is 6.01. The zero-order chi connectivity index (χ0) is 32.4. The number of aromatic hydroxyl groups is 1. The van der Waals surface area contributed by atoms with Crippen molar-refractivity contribution in [2.45, 2.75) is 38.1 Å². The largest absolute Gasteiger partial charge is 0.508 e. The number of piperazine rings is 1. The van der Waals surface area contributed by atoms with E-state index in [1.807, 2.05) is 55.5 Å². The average Bonchev–Trinajstić information content (AvgIpc) is 3.06. The van der Waals surface area contributed by atoms with E-state index >= 15 is 0 Å². The molecule has 2 saturated heterocycles. The highest BCUT2D eigenvalue weighted by Crippen LogP contribution is 2.36. The van der Waals surface area contributed by atoms with Gasteiger partial charge in [0.25, 0.3) is 0 Å². The number of amides is 4. The summed E-state index contributed by atoms with van der Waals surface area (Å²) in [7, 11) is 0. The second-order valence-electron chi connectivity index (χ2n) is 11.5. The van der Waals surface area contributed by atoms with Gasteiger partial charge in [-0.15, -0.1) is 6.58 Å². The number of nitrogens with one attached hydrogen (secondary N) is 1. The molecule has 0 unspecified atom stereocenters. The fraction of sp³-hybridized carbons (Fsp3) is 0.257. The number of fused-ring (bicyclic) bond motifs is 2. The summed E-state index contributed by atoms with van der Waals surface area (Å²) < 4.78 is 0. The number of carbonyl (C=O) groups excluding carboxylic acids is 3. The number of pyridine rings is 1. The number of phenols is 1. The van der Waals surface area contributed by atoms with E-state index in [0.717, 1.165) is 22.1 Å². The second kappa shape index (κ2) is 13.2. The molecule has 3 heterocycles. The number of benzene rings is 3. The summed E-state index contributed by atoms with van der Waals surface area (Å²) in [5, 5.41) is 17.4.